The zero-order chi connectivity index (χ0) is 104. The maximum Gasteiger partial charge on any atom is 0.262 e. The van der Waals surface area contributed by atoms with Crippen LogP contribution in [0.15, 0.2) is 0 Å². The summed E-state index contributed by atoms with van der Waals surface area (Å²) in [6.45, 7) is 127. The van der Waals surface area contributed by atoms with E-state index in [0.717, 1.165) is 54.4 Å². The number of piperidine rings is 5. The molecule has 0 radical (unpaired) electrons. The second-order valence-corrected chi connectivity index (χ2v) is 57.6. The standard InChI is InChI=1S/C10H19F2N.C10H20FN.5C10H21N.C9H17F2N.C9H18FN.2C9H19N.C8H16FN/c1-8(2,3)13-7-10(11,12)6-9(13,4)5;1-8-6-10(5,11)7-12(8)9(2,3)4;1-8-6-9(2)11(7-8)10(3,4)5;2*1-9-5-7-11(8-6-9)10(2,3)4;2*1-9-7-5-6-8-11(9)10(2,3)4;1-8(2,3)12-6-4-9(10,11)5-7-12;1-8(2,3)11-6-5-9(4,10)7-11;1-8-5-6-10(7-8)9(2,3)4;1-8-6-5-7-10(8)9(2,3)4;1-7(2,3)10-5-8(4,9)6-10/h6-7H2,1-5H3;8H,6-7H2,1-5H3;8-9H,6-7H2,1-5H3;4*9H,5-8H2,1-4H3;4-7H2,1-3H3;5-7H2,1-4H3;2*8H,5-7H2,1-4H3;5-6H2,1-4H3. The van der Waals surface area contributed by atoms with Crippen LogP contribution in [0.4, 0.5) is 30.7 Å². The van der Waals surface area contributed by atoms with E-state index in [4.69, 9.17) is 0 Å². The van der Waals surface area contributed by atoms with Crippen LogP contribution in [0.1, 0.15) is 468 Å². The molecular formula is C114H233F7N12. The summed E-state index contributed by atoms with van der Waals surface area (Å²) in [6.07, 6.45) is 20.8. The van der Waals surface area contributed by atoms with Crippen LogP contribution in [-0.4, -0.2) is 308 Å². The summed E-state index contributed by atoms with van der Waals surface area (Å²) in [5.74, 6) is -1.22. The molecule has 9 unspecified atom stereocenters. The van der Waals surface area contributed by atoms with Crippen molar-refractivity contribution in [1.82, 2.24) is 58.8 Å². The maximum atomic E-state index is 13.6. The lowest BCUT2D eigenvalue weighted by Crippen LogP contribution is -2.63. The molecule has 0 saturated carbocycles. The number of likely N-dealkylation sites (tertiary alicyclic amines) is 12. The molecule has 0 aliphatic carbocycles. The molecule has 12 aliphatic heterocycles. The molecule has 0 aromatic carbocycles. The Labute approximate surface area is 825 Å². The Hall–Kier alpha value is -0.970. The molecule has 0 bridgehead atoms. The van der Waals surface area contributed by atoms with Gasteiger partial charge in [-0.25, -0.2) is 30.7 Å². The molecule has 12 nitrogen and oxygen atoms in total. The first-order chi connectivity index (χ1) is 59.2. The van der Waals surface area contributed by atoms with Gasteiger partial charge in [-0.3, -0.25) is 58.8 Å². The minimum atomic E-state index is -2.52. The lowest BCUT2D eigenvalue weighted by Gasteiger charge is -2.49. The molecule has 9 atom stereocenters. The first-order valence-corrected chi connectivity index (χ1v) is 54.1. The van der Waals surface area contributed by atoms with Crippen molar-refractivity contribution in [1.29, 1.82) is 0 Å². The second-order valence-electron chi connectivity index (χ2n) is 57.6. The SMILES string of the molecule is CC(C)(C)N1CC(F)(F)CC1(C)C.CC(C)(C)N1CCC(F)(F)CC1.CC1(F)CCN(C(C)(C)C)C1.CC1(F)CN(C(C)(C)C)C1.CC1CC(C)(F)CN1C(C)(C)C.CC1CC(C)N(C(C)(C)C)C1.CC1CCCCN1C(C)(C)C.CC1CCCCN1C(C)(C)C.CC1CCCN1C(C)(C)C.CC1CCN(C(C)(C)C)C1.CC1CCN(C(C)(C)C)CC1.CC1CCN(C(C)(C)C)CC1. The third-order valence-electron chi connectivity index (χ3n) is 30.3. The van der Waals surface area contributed by atoms with Crippen molar-refractivity contribution in [3.8, 4) is 0 Å². The molecule has 0 amide bonds. The number of hydrogen-bond donors (Lipinski definition) is 0. The van der Waals surface area contributed by atoms with E-state index in [1.807, 2.05) is 39.5 Å². The first-order valence-electron chi connectivity index (χ1n) is 54.1. The highest BCUT2D eigenvalue weighted by Crippen LogP contribution is 2.44. The Bertz CT molecular complexity index is 3040. The minimum absolute atomic E-state index is 0.0181. The molecule has 133 heavy (non-hydrogen) atoms. The monoisotopic (exact) mass is 1900 g/mol. The summed E-state index contributed by atoms with van der Waals surface area (Å²) in [5.41, 5.74) is -0.335. The predicted molar refractivity (Wildman–Crippen MR) is 571 cm³/mol. The molecule has 12 heterocycles. The Balaban J connectivity index is 0.000000726. The van der Waals surface area contributed by atoms with Gasteiger partial charge in [0.15, 0.2) is 0 Å². The van der Waals surface area contributed by atoms with Crippen LogP contribution in [0.2, 0.25) is 0 Å². The van der Waals surface area contributed by atoms with Gasteiger partial charge in [-0.15, -0.1) is 0 Å². The molecule has 0 aromatic rings. The van der Waals surface area contributed by atoms with E-state index >= 15 is 0 Å². The number of rotatable bonds is 0. The highest BCUT2D eigenvalue weighted by Gasteiger charge is 2.53. The Kier molecular flexibility index (Phi) is 50.5. The number of nitrogens with zero attached hydrogens (tertiary/aromatic N) is 12. The highest BCUT2D eigenvalue weighted by molar-refractivity contribution is 5.03. The van der Waals surface area contributed by atoms with Gasteiger partial charge in [0, 0.05) is 180 Å². The average Bonchev–Trinajstić information content (AvgIpc) is 1.64. The Morgan fingerprint density at radius 2 is 0.526 bits per heavy atom. The van der Waals surface area contributed by atoms with E-state index in [9.17, 15) is 30.7 Å². The highest BCUT2D eigenvalue weighted by atomic mass is 19.3. The van der Waals surface area contributed by atoms with Crippen LogP contribution in [-0.2, 0) is 0 Å². The quantitative estimate of drug-likeness (QED) is 0.217. The lowest BCUT2D eigenvalue weighted by atomic mass is 9.92. The van der Waals surface area contributed by atoms with Gasteiger partial charge in [0.2, 0.25) is 0 Å². The summed E-state index contributed by atoms with van der Waals surface area (Å²) < 4.78 is 91.7. The summed E-state index contributed by atoms with van der Waals surface area (Å²) in [6, 6.07) is 3.55. The summed E-state index contributed by atoms with van der Waals surface area (Å²) in [5, 5.41) is 0. The molecule has 19 heteroatoms. The van der Waals surface area contributed by atoms with E-state index in [2.05, 4.69) is 345 Å². The van der Waals surface area contributed by atoms with Gasteiger partial charge in [0.1, 0.15) is 17.0 Å². The van der Waals surface area contributed by atoms with Crippen LogP contribution in [0, 0.1) is 23.7 Å². The molecule has 0 N–H and O–H groups in total. The topological polar surface area (TPSA) is 38.9 Å². The number of halogens is 7. The van der Waals surface area contributed by atoms with E-state index in [-0.39, 0.29) is 59.0 Å². The number of alkyl halides is 7. The van der Waals surface area contributed by atoms with Crippen molar-refractivity contribution < 1.29 is 30.7 Å². The van der Waals surface area contributed by atoms with E-state index in [1.165, 1.54) is 155 Å². The summed E-state index contributed by atoms with van der Waals surface area (Å²) in [4.78, 5) is 28.8. The third-order valence-corrected chi connectivity index (χ3v) is 30.3. The fourth-order valence-electron chi connectivity index (χ4n) is 22.1. The smallest absolute Gasteiger partial charge is 0.262 e. The van der Waals surface area contributed by atoms with E-state index in [1.54, 1.807) is 20.8 Å². The molecule has 0 spiro atoms. The van der Waals surface area contributed by atoms with Crippen LogP contribution in [0.5, 0.6) is 0 Å². The number of hydrogen-bond acceptors (Lipinski definition) is 12. The zero-order valence-electron chi connectivity index (χ0n) is 98.4. The Morgan fingerprint density at radius 3 is 0.714 bits per heavy atom. The second kappa shape index (κ2) is 51.7. The molecular weight excluding hydrogens is 1670 g/mol. The molecule has 12 fully saturated rings. The largest absolute Gasteiger partial charge is 0.298 e. The van der Waals surface area contributed by atoms with Gasteiger partial charge < -0.3 is 0 Å². The fraction of sp³-hybridized carbons (Fsp3) is 1.00. The van der Waals surface area contributed by atoms with Crippen molar-refractivity contribution in [2.45, 2.75) is 599 Å². The minimum Gasteiger partial charge on any atom is -0.298 e. The molecule has 12 rings (SSSR count). The summed E-state index contributed by atoms with van der Waals surface area (Å²) >= 11 is 0. The normalized spacial score (nSPS) is 29.4. The average molecular weight is 1910 g/mol. The lowest BCUT2D eigenvalue weighted by molar-refractivity contribution is -0.0713. The van der Waals surface area contributed by atoms with Gasteiger partial charge in [0.25, 0.3) is 11.8 Å². The zero-order valence-corrected chi connectivity index (χ0v) is 98.4. The van der Waals surface area contributed by atoms with Crippen molar-refractivity contribution in [2.24, 2.45) is 23.7 Å². The summed E-state index contributed by atoms with van der Waals surface area (Å²) in [7, 11) is 0. The van der Waals surface area contributed by atoms with Gasteiger partial charge >= 0.3 is 0 Å². The molecule has 12 saturated heterocycles. The van der Waals surface area contributed by atoms with Gasteiger partial charge in [-0.2, -0.15) is 0 Å². The van der Waals surface area contributed by atoms with Gasteiger partial charge in [-0.05, 0) is 484 Å². The van der Waals surface area contributed by atoms with Crippen LogP contribution in [0.3, 0.4) is 0 Å². The maximum absolute atomic E-state index is 13.6. The van der Waals surface area contributed by atoms with E-state index < -0.39 is 28.9 Å². The van der Waals surface area contributed by atoms with E-state index in [0.29, 0.717) is 96.9 Å². The molecule has 12 aliphatic rings. The third kappa shape index (κ3) is 50.4. The molecule has 0 aromatic heterocycles. The fourth-order valence-corrected chi connectivity index (χ4v) is 22.1. The predicted octanol–water partition coefficient (Wildman–Crippen LogP) is 29.3. The van der Waals surface area contributed by atoms with Crippen molar-refractivity contribution >= 4 is 0 Å². The van der Waals surface area contributed by atoms with Crippen LogP contribution < -0.4 is 0 Å². The van der Waals surface area contributed by atoms with Crippen molar-refractivity contribution in [3.63, 3.8) is 0 Å². The van der Waals surface area contributed by atoms with Crippen LogP contribution >= 0.6 is 0 Å². The Morgan fingerprint density at radius 1 is 0.218 bits per heavy atom. The van der Waals surface area contributed by atoms with Crippen molar-refractivity contribution in [2.75, 3.05) is 118 Å². The van der Waals surface area contributed by atoms with Crippen molar-refractivity contribution in [3.05, 3.63) is 0 Å². The first kappa shape index (κ1) is 130. The molecule has 798 valence electrons. The van der Waals surface area contributed by atoms with Gasteiger partial charge in [-0.1, -0.05) is 40.5 Å². The van der Waals surface area contributed by atoms with Crippen LogP contribution in [0.25, 0.3) is 0 Å². The van der Waals surface area contributed by atoms with Gasteiger partial charge in [0.05, 0.1) is 6.54 Å².